The number of anilines is 1. The molecule has 0 saturated heterocycles. The van der Waals surface area contributed by atoms with Crippen LogP contribution in [0.1, 0.15) is 10.4 Å². The molecule has 2 aromatic rings. The quantitative estimate of drug-likeness (QED) is 0.828. The van der Waals surface area contributed by atoms with Gasteiger partial charge in [-0.05, 0) is 52.0 Å². The average molecular weight is 396 g/mol. The van der Waals surface area contributed by atoms with Crippen LogP contribution in [0.4, 0.5) is 5.69 Å². The van der Waals surface area contributed by atoms with Gasteiger partial charge in [0.25, 0.3) is 10.0 Å². The minimum absolute atomic E-state index is 0.191. The molecule has 0 radical (unpaired) electrons. The fraction of sp³-hybridized carbons (Fsp3) is 0.167. The summed E-state index contributed by atoms with van der Waals surface area (Å²) in [6, 6.07) is 4.85. The molecule has 0 aliphatic carbocycles. The Balaban J connectivity index is 2.43. The molecule has 0 fully saturated rings. The lowest BCUT2D eigenvalue weighted by Crippen LogP contribution is -2.16. The number of nitrogens with one attached hydrogen (secondary N) is 1. The second-order valence-corrected chi connectivity index (χ2v) is 7.98. The Bertz CT molecular complexity index is 744. The first-order chi connectivity index (χ1) is 9.35. The highest BCUT2D eigenvalue weighted by Crippen LogP contribution is 2.31. The van der Waals surface area contributed by atoms with Crippen molar-refractivity contribution in [1.29, 1.82) is 0 Å². The SMILES string of the molecule is Cc1csc(CN)c1S(=O)(=O)Nc1ccc(Cl)cc1Br. The molecule has 108 valence electrons. The van der Waals surface area contributed by atoms with Crippen LogP contribution in [-0.2, 0) is 16.6 Å². The summed E-state index contributed by atoms with van der Waals surface area (Å²) in [6.07, 6.45) is 0. The van der Waals surface area contributed by atoms with Crippen molar-refractivity contribution in [1.82, 2.24) is 0 Å². The Labute approximate surface area is 135 Å². The number of nitrogens with two attached hydrogens (primary N) is 1. The van der Waals surface area contributed by atoms with E-state index in [1.165, 1.54) is 11.3 Å². The van der Waals surface area contributed by atoms with Crippen LogP contribution in [-0.4, -0.2) is 8.42 Å². The van der Waals surface area contributed by atoms with E-state index in [1.54, 1.807) is 30.5 Å². The van der Waals surface area contributed by atoms with Crippen LogP contribution in [0.25, 0.3) is 0 Å². The van der Waals surface area contributed by atoms with Crippen molar-refractivity contribution < 1.29 is 8.42 Å². The van der Waals surface area contributed by atoms with Crippen molar-refractivity contribution in [3.8, 4) is 0 Å². The number of rotatable bonds is 4. The highest BCUT2D eigenvalue weighted by atomic mass is 79.9. The summed E-state index contributed by atoms with van der Waals surface area (Å²) in [6.45, 7) is 1.94. The van der Waals surface area contributed by atoms with E-state index >= 15 is 0 Å². The van der Waals surface area contributed by atoms with Crippen molar-refractivity contribution in [2.24, 2.45) is 5.73 Å². The predicted octanol–water partition coefficient (Wildman–Crippen LogP) is 3.73. The summed E-state index contributed by atoms with van der Waals surface area (Å²) in [5, 5.41) is 2.31. The lowest BCUT2D eigenvalue weighted by atomic mass is 10.3. The molecule has 0 saturated carbocycles. The first-order valence-electron chi connectivity index (χ1n) is 5.60. The zero-order chi connectivity index (χ0) is 14.9. The van der Waals surface area contributed by atoms with Crippen LogP contribution in [0, 0.1) is 6.92 Å². The van der Waals surface area contributed by atoms with Gasteiger partial charge in [0, 0.05) is 20.9 Å². The molecule has 0 aliphatic heterocycles. The Kier molecular flexibility index (Phi) is 4.76. The van der Waals surface area contributed by atoms with Crippen molar-refractivity contribution in [2.75, 3.05) is 4.72 Å². The summed E-state index contributed by atoms with van der Waals surface area (Å²) < 4.78 is 28.1. The molecule has 8 heteroatoms. The highest BCUT2D eigenvalue weighted by molar-refractivity contribution is 9.10. The molecular formula is C12H12BrClN2O2S2. The third-order valence-electron chi connectivity index (χ3n) is 2.62. The Hall–Kier alpha value is -0.600. The maximum absolute atomic E-state index is 12.5. The third kappa shape index (κ3) is 3.17. The highest BCUT2D eigenvalue weighted by Gasteiger charge is 2.23. The van der Waals surface area contributed by atoms with Gasteiger partial charge in [-0.1, -0.05) is 11.6 Å². The Morgan fingerprint density at radius 3 is 2.75 bits per heavy atom. The van der Waals surface area contributed by atoms with Crippen LogP contribution in [0.3, 0.4) is 0 Å². The monoisotopic (exact) mass is 394 g/mol. The molecule has 1 aromatic carbocycles. The van der Waals surface area contributed by atoms with Gasteiger partial charge >= 0.3 is 0 Å². The number of benzene rings is 1. The van der Waals surface area contributed by atoms with Gasteiger partial charge in [-0.3, -0.25) is 4.72 Å². The van der Waals surface area contributed by atoms with E-state index in [2.05, 4.69) is 20.7 Å². The van der Waals surface area contributed by atoms with E-state index in [1.807, 2.05) is 0 Å². The number of halogens is 2. The molecular weight excluding hydrogens is 384 g/mol. The average Bonchev–Trinajstić information content (AvgIpc) is 2.75. The molecule has 4 nitrogen and oxygen atoms in total. The standard InChI is InChI=1S/C12H12BrClN2O2S2/c1-7-6-19-11(5-15)12(7)20(17,18)16-10-3-2-8(14)4-9(10)13/h2-4,6,16H,5,15H2,1H3. The van der Waals surface area contributed by atoms with E-state index in [4.69, 9.17) is 17.3 Å². The van der Waals surface area contributed by atoms with Crippen LogP contribution in [0.2, 0.25) is 5.02 Å². The second-order valence-electron chi connectivity index (χ2n) is 4.10. The van der Waals surface area contributed by atoms with Gasteiger partial charge in [0.05, 0.1) is 5.69 Å². The van der Waals surface area contributed by atoms with Crippen molar-refractivity contribution in [3.63, 3.8) is 0 Å². The molecule has 20 heavy (non-hydrogen) atoms. The van der Waals surface area contributed by atoms with Crippen LogP contribution >= 0.6 is 38.9 Å². The third-order valence-corrected chi connectivity index (χ3v) is 6.36. The largest absolute Gasteiger partial charge is 0.326 e. The molecule has 0 aliphatic rings. The molecule has 3 N–H and O–H groups in total. The number of hydrogen-bond acceptors (Lipinski definition) is 4. The summed E-state index contributed by atoms with van der Waals surface area (Å²) in [5.41, 5.74) is 6.72. The molecule has 0 atom stereocenters. The maximum atomic E-state index is 12.5. The fourth-order valence-electron chi connectivity index (χ4n) is 1.76. The van der Waals surface area contributed by atoms with Crippen LogP contribution < -0.4 is 10.5 Å². The van der Waals surface area contributed by atoms with Crippen LogP contribution in [0.5, 0.6) is 0 Å². The lowest BCUT2D eigenvalue weighted by Gasteiger charge is -2.11. The van der Waals surface area contributed by atoms with E-state index in [0.29, 0.717) is 25.6 Å². The van der Waals surface area contributed by atoms with Gasteiger partial charge in [-0.2, -0.15) is 0 Å². The smallest absolute Gasteiger partial charge is 0.263 e. The molecule has 0 unspecified atom stereocenters. The van der Waals surface area contributed by atoms with Crippen LogP contribution in [0.15, 0.2) is 32.9 Å². The first kappa shape index (κ1) is 15.8. The maximum Gasteiger partial charge on any atom is 0.263 e. The summed E-state index contributed by atoms with van der Waals surface area (Å²) in [5.74, 6) is 0. The summed E-state index contributed by atoms with van der Waals surface area (Å²) in [7, 11) is -3.67. The van der Waals surface area contributed by atoms with Gasteiger partial charge < -0.3 is 5.73 Å². The van der Waals surface area contributed by atoms with Crippen molar-refractivity contribution in [2.45, 2.75) is 18.4 Å². The predicted molar refractivity (Wildman–Crippen MR) is 86.9 cm³/mol. The normalized spacial score (nSPS) is 11.6. The summed E-state index contributed by atoms with van der Waals surface area (Å²) >= 11 is 10.5. The lowest BCUT2D eigenvalue weighted by molar-refractivity contribution is 0.600. The van der Waals surface area contributed by atoms with Gasteiger partial charge in [0.1, 0.15) is 4.90 Å². The Morgan fingerprint density at radius 1 is 1.45 bits per heavy atom. The molecule has 1 aromatic heterocycles. The second kappa shape index (κ2) is 6.03. The zero-order valence-corrected chi connectivity index (χ0v) is 14.5. The van der Waals surface area contributed by atoms with E-state index < -0.39 is 10.0 Å². The number of sulfonamides is 1. The van der Waals surface area contributed by atoms with Gasteiger partial charge in [0.2, 0.25) is 0 Å². The topological polar surface area (TPSA) is 72.2 Å². The Morgan fingerprint density at radius 2 is 2.15 bits per heavy atom. The summed E-state index contributed by atoms with van der Waals surface area (Å²) in [4.78, 5) is 0.895. The van der Waals surface area contributed by atoms with E-state index in [0.717, 1.165) is 0 Å². The molecule has 1 heterocycles. The fourth-order valence-corrected chi connectivity index (χ4v) is 5.45. The molecule has 2 rings (SSSR count). The molecule has 0 bridgehead atoms. The van der Waals surface area contributed by atoms with Gasteiger partial charge in [0.15, 0.2) is 0 Å². The molecule has 0 amide bonds. The van der Waals surface area contributed by atoms with E-state index in [-0.39, 0.29) is 11.4 Å². The first-order valence-corrected chi connectivity index (χ1v) is 9.13. The zero-order valence-electron chi connectivity index (χ0n) is 10.5. The van der Waals surface area contributed by atoms with Crippen molar-refractivity contribution in [3.05, 3.63) is 43.5 Å². The van der Waals surface area contributed by atoms with Crippen molar-refractivity contribution >= 4 is 54.6 Å². The number of aryl methyl sites for hydroxylation is 1. The van der Waals surface area contributed by atoms with Gasteiger partial charge in [-0.25, -0.2) is 8.42 Å². The number of thiophene rings is 1. The minimum atomic E-state index is -3.67. The van der Waals surface area contributed by atoms with Gasteiger partial charge in [-0.15, -0.1) is 11.3 Å². The minimum Gasteiger partial charge on any atom is -0.326 e. The molecule has 0 spiro atoms. The number of hydrogen-bond donors (Lipinski definition) is 2. The van der Waals surface area contributed by atoms with E-state index in [9.17, 15) is 8.42 Å².